The molecule has 0 spiro atoms. The Bertz CT molecular complexity index is 630. The number of guanidine groups is 1. The van der Waals surface area contributed by atoms with Crippen molar-refractivity contribution in [3.05, 3.63) is 33.6 Å². The molecular weight excluding hydrogens is 310 g/mol. The Kier molecular flexibility index (Phi) is 6.58. The van der Waals surface area contributed by atoms with Crippen LogP contribution in [0.2, 0.25) is 0 Å². The molecule has 126 valence electrons. The lowest BCUT2D eigenvalue weighted by atomic mass is 9.99. The van der Waals surface area contributed by atoms with Gasteiger partial charge >= 0.3 is 0 Å². The zero-order valence-corrected chi connectivity index (χ0v) is 15.0. The van der Waals surface area contributed by atoms with Crippen molar-refractivity contribution in [2.45, 2.75) is 52.6 Å². The van der Waals surface area contributed by atoms with Gasteiger partial charge in [-0.2, -0.15) is 0 Å². The molecule has 7 heteroatoms. The van der Waals surface area contributed by atoms with Crippen LogP contribution >= 0.6 is 11.3 Å². The summed E-state index contributed by atoms with van der Waals surface area (Å²) in [7, 11) is 1.75. The molecule has 2 aromatic rings. The fourth-order valence-electron chi connectivity index (χ4n) is 2.36. The first kappa shape index (κ1) is 17.5. The maximum atomic E-state index is 5.41. The molecule has 0 unspecified atom stereocenters. The van der Waals surface area contributed by atoms with Crippen LogP contribution in [-0.2, 0) is 13.1 Å². The molecule has 0 aromatic carbocycles. The van der Waals surface area contributed by atoms with E-state index in [4.69, 9.17) is 4.52 Å². The van der Waals surface area contributed by atoms with Gasteiger partial charge in [-0.3, -0.25) is 4.99 Å². The zero-order chi connectivity index (χ0) is 16.7. The third-order valence-corrected chi connectivity index (χ3v) is 4.65. The average Bonchev–Trinajstić information content (AvgIpc) is 3.18. The zero-order valence-electron chi connectivity index (χ0n) is 14.2. The maximum absolute atomic E-state index is 5.41. The summed E-state index contributed by atoms with van der Waals surface area (Å²) in [5.74, 6) is 2.03. The van der Waals surface area contributed by atoms with Crippen LogP contribution in [0.15, 0.2) is 21.8 Å². The van der Waals surface area contributed by atoms with Gasteiger partial charge in [0.25, 0.3) is 0 Å². The van der Waals surface area contributed by atoms with Crippen molar-refractivity contribution in [1.82, 2.24) is 20.8 Å². The number of rotatable bonds is 7. The van der Waals surface area contributed by atoms with Crippen molar-refractivity contribution in [2.24, 2.45) is 4.99 Å². The molecular formula is C16H25N5OS. The van der Waals surface area contributed by atoms with Crippen LogP contribution < -0.4 is 10.6 Å². The second-order valence-electron chi connectivity index (χ2n) is 5.36. The number of thiazole rings is 1. The van der Waals surface area contributed by atoms with Crippen LogP contribution in [0, 0.1) is 6.92 Å². The number of nitrogens with one attached hydrogen (secondary N) is 2. The molecule has 2 rings (SSSR count). The molecule has 0 aliphatic carbocycles. The van der Waals surface area contributed by atoms with Crippen molar-refractivity contribution < 1.29 is 4.52 Å². The Morgan fingerprint density at radius 3 is 2.65 bits per heavy atom. The smallest absolute Gasteiger partial charge is 0.191 e. The molecule has 0 fully saturated rings. The standard InChI is InChI=1S/C16H25N5OS/c1-5-12(6-2)15-7-13(22-21-15)8-19-16(17-4)20-10-14-9-18-11(3)23-14/h7,9,12H,5-6,8,10H2,1-4H3,(H2,17,19,20). The highest BCUT2D eigenvalue weighted by molar-refractivity contribution is 7.11. The summed E-state index contributed by atoms with van der Waals surface area (Å²) in [6.07, 6.45) is 4.04. The summed E-state index contributed by atoms with van der Waals surface area (Å²) in [5.41, 5.74) is 1.04. The van der Waals surface area contributed by atoms with E-state index in [1.807, 2.05) is 19.2 Å². The molecule has 0 aliphatic heterocycles. The highest BCUT2D eigenvalue weighted by atomic mass is 32.1. The number of hydrogen-bond donors (Lipinski definition) is 2. The summed E-state index contributed by atoms with van der Waals surface area (Å²) >= 11 is 1.68. The normalized spacial score (nSPS) is 12.0. The van der Waals surface area contributed by atoms with E-state index in [9.17, 15) is 0 Å². The highest BCUT2D eigenvalue weighted by Crippen LogP contribution is 2.22. The van der Waals surface area contributed by atoms with Gasteiger partial charge in [-0.1, -0.05) is 19.0 Å². The molecule has 2 N–H and O–H groups in total. The number of nitrogens with zero attached hydrogens (tertiary/aromatic N) is 3. The number of aryl methyl sites for hydroxylation is 1. The van der Waals surface area contributed by atoms with Crippen molar-refractivity contribution in [3.63, 3.8) is 0 Å². The van der Waals surface area contributed by atoms with Gasteiger partial charge in [-0.05, 0) is 19.8 Å². The van der Waals surface area contributed by atoms with E-state index in [2.05, 4.69) is 39.6 Å². The minimum absolute atomic E-state index is 0.472. The Hall–Kier alpha value is -1.89. The average molecular weight is 335 g/mol. The summed E-state index contributed by atoms with van der Waals surface area (Å²) in [6.45, 7) is 7.62. The van der Waals surface area contributed by atoms with E-state index in [0.29, 0.717) is 19.0 Å². The Morgan fingerprint density at radius 2 is 2.04 bits per heavy atom. The first-order chi connectivity index (χ1) is 11.2. The number of aromatic nitrogens is 2. The van der Waals surface area contributed by atoms with Crippen molar-refractivity contribution >= 4 is 17.3 Å². The van der Waals surface area contributed by atoms with E-state index in [0.717, 1.165) is 35.3 Å². The van der Waals surface area contributed by atoms with Crippen LogP contribution in [0.25, 0.3) is 0 Å². The molecule has 6 nitrogen and oxygen atoms in total. The largest absolute Gasteiger partial charge is 0.359 e. The third kappa shape index (κ3) is 5.06. The van der Waals surface area contributed by atoms with Crippen molar-refractivity contribution in [2.75, 3.05) is 7.05 Å². The molecule has 0 bridgehead atoms. The molecule has 2 aromatic heterocycles. The lowest BCUT2D eigenvalue weighted by Gasteiger charge is -2.09. The summed E-state index contributed by atoms with van der Waals surface area (Å²) in [6, 6.07) is 2.03. The van der Waals surface area contributed by atoms with Gasteiger partial charge in [0.2, 0.25) is 0 Å². The quantitative estimate of drug-likeness (QED) is 0.600. The van der Waals surface area contributed by atoms with Crippen LogP contribution in [0.1, 0.15) is 53.9 Å². The molecule has 0 aliphatic rings. The molecule has 0 saturated heterocycles. The van der Waals surface area contributed by atoms with Gasteiger partial charge < -0.3 is 15.2 Å². The van der Waals surface area contributed by atoms with Crippen LogP contribution in [0.4, 0.5) is 0 Å². The van der Waals surface area contributed by atoms with Crippen LogP contribution in [0.5, 0.6) is 0 Å². The molecule has 2 heterocycles. The van der Waals surface area contributed by atoms with E-state index < -0.39 is 0 Å². The van der Waals surface area contributed by atoms with E-state index in [-0.39, 0.29) is 0 Å². The monoisotopic (exact) mass is 335 g/mol. The summed E-state index contributed by atoms with van der Waals surface area (Å²) in [4.78, 5) is 9.64. The second-order valence-corrected chi connectivity index (χ2v) is 6.68. The van der Waals surface area contributed by atoms with E-state index in [1.54, 1.807) is 18.4 Å². The fraction of sp³-hybridized carbons (Fsp3) is 0.562. The second kappa shape index (κ2) is 8.67. The predicted molar refractivity (Wildman–Crippen MR) is 93.7 cm³/mol. The van der Waals surface area contributed by atoms with Gasteiger partial charge in [0.15, 0.2) is 11.7 Å². The minimum Gasteiger partial charge on any atom is -0.359 e. The SMILES string of the molecule is CCC(CC)c1cc(CNC(=NC)NCc2cnc(C)s2)on1. The first-order valence-corrected chi connectivity index (χ1v) is 8.79. The lowest BCUT2D eigenvalue weighted by Crippen LogP contribution is -2.36. The first-order valence-electron chi connectivity index (χ1n) is 7.97. The van der Waals surface area contributed by atoms with Gasteiger partial charge in [0.05, 0.1) is 23.8 Å². The van der Waals surface area contributed by atoms with Crippen molar-refractivity contribution in [3.8, 4) is 0 Å². The Labute approximate surface area is 141 Å². The van der Waals surface area contributed by atoms with Gasteiger partial charge in [0.1, 0.15) is 0 Å². The third-order valence-electron chi connectivity index (χ3n) is 3.73. The van der Waals surface area contributed by atoms with Gasteiger partial charge in [-0.25, -0.2) is 4.98 Å². The lowest BCUT2D eigenvalue weighted by molar-refractivity contribution is 0.368. The van der Waals surface area contributed by atoms with E-state index >= 15 is 0 Å². The molecule has 23 heavy (non-hydrogen) atoms. The van der Waals surface area contributed by atoms with Gasteiger partial charge in [-0.15, -0.1) is 11.3 Å². The fourth-order valence-corrected chi connectivity index (χ4v) is 3.10. The highest BCUT2D eigenvalue weighted by Gasteiger charge is 2.13. The van der Waals surface area contributed by atoms with Gasteiger partial charge in [0, 0.05) is 30.1 Å². The molecule has 0 radical (unpaired) electrons. The predicted octanol–water partition coefficient (Wildman–Crippen LogP) is 3.21. The molecule has 0 saturated carbocycles. The summed E-state index contributed by atoms with van der Waals surface area (Å²) in [5, 5.41) is 11.8. The number of aliphatic imine (C=N–C) groups is 1. The van der Waals surface area contributed by atoms with Crippen molar-refractivity contribution in [1.29, 1.82) is 0 Å². The Balaban J connectivity index is 1.83. The Morgan fingerprint density at radius 1 is 1.30 bits per heavy atom. The maximum Gasteiger partial charge on any atom is 0.191 e. The number of hydrogen-bond acceptors (Lipinski definition) is 5. The minimum atomic E-state index is 0.472. The van der Waals surface area contributed by atoms with E-state index in [1.165, 1.54) is 4.88 Å². The van der Waals surface area contributed by atoms with Crippen LogP contribution in [0.3, 0.4) is 0 Å². The topological polar surface area (TPSA) is 75.3 Å². The molecule has 0 amide bonds. The molecule has 0 atom stereocenters. The van der Waals surface area contributed by atoms with Crippen LogP contribution in [-0.4, -0.2) is 23.1 Å². The summed E-state index contributed by atoms with van der Waals surface area (Å²) < 4.78 is 5.41.